The van der Waals surface area contributed by atoms with E-state index in [1.54, 1.807) is 6.20 Å². The number of hydrogen-bond acceptors (Lipinski definition) is 10. The van der Waals surface area contributed by atoms with E-state index in [0.29, 0.717) is 30.4 Å². The quantitative estimate of drug-likeness (QED) is 0.277. The molecule has 0 radical (unpaired) electrons. The van der Waals surface area contributed by atoms with Crippen LogP contribution in [0, 0.1) is 0 Å². The minimum absolute atomic E-state index is 0.196. The molecule has 0 saturated carbocycles. The minimum atomic E-state index is 0.196. The first-order chi connectivity index (χ1) is 18.3. The number of ether oxygens (including phenoxy) is 2. The van der Waals surface area contributed by atoms with Crippen LogP contribution in [-0.4, -0.2) is 82.3 Å². The third kappa shape index (κ3) is 5.74. The third-order valence-electron chi connectivity index (χ3n) is 6.51. The Bertz CT molecular complexity index is 1280. The maximum Gasteiger partial charge on any atom is 0.199 e. The molecule has 0 bridgehead atoms. The zero-order valence-corrected chi connectivity index (χ0v) is 21.2. The van der Waals surface area contributed by atoms with Gasteiger partial charge in [0.05, 0.1) is 31.7 Å². The van der Waals surface area contributed by atoms with E-state index >= 15 is 0 Å². The van der Waals surface area contributed by atoms with E-state index in [1.807, 2.05) is 41.8 Å². The Hall–Kier alpha value is -3.54. The number of rotatable bonds is 12. The molecule has 1 saturated heterocycles. The van der Waals surface area contributed by atoms with Crippen LogP contribution in [0.1, 0.15) is 19.8 Å². The normalized spacial score (nSPS) is 14.4. The van der Waals surface area contributed by atoms with Crippen molar-refractivity contribution in [3.05, 3.63) is 36.5 Å². The Morgan fingerprint density at radius 1 is 1.05 bits per heavy atom. The molecular weight excluding hydrogens is 472 g/mol. The molecule has 0 spiro atoms. The SMILES string of the molecule is CCn1c(-c2nonc2N)nc2c(-c3ccccc3)ncc(OCCCNCCCN3CCOCC3)c21. The molecule has 11 heteroatoms. The third-order valence-corrected chi connectivity index (χ3v) is 6.51. The van der Waals surface area contributed by atoms with Crippen LogP contribution in [0.4, 0.5) is 5.82 Å². The minimum Gasteiger partial charge on any atom is -0.490 e. The Morgan fingerprint density at radius 3 is 2.62 bits per heavy atom. The van der Waals surface area contributed by atoms with E-state index in [1.165, 1.54) is 0 Å². The molecule has 3 aromatic heterocycles. The summed E-state index contributed by atoms with van der Waals surface area (Å²) in [6.07, 6.45) is 3.79. The van der Waals surface area contributed by atoms with E-state index < -0.39 is 0 Å². The van der Waals surface area contributed by atoms with Gasteiger partial charge in [0.25, 0.3) is 0 Å². The number of aryl methyl sites for hydroxylation is 1. The molecule has 196 valence electrons. The van der Waals surface area contributed by atoms with E-state index in [0.717, 1.165) is 81.1 Å². The predicted molar refractivity (Wildman–Crippen MR) is 141 cm³/mol. The summed E-state index contributed by atoms with van der Waals surface area (Å²) in [5, 5.41) is 11.2. The number of pyridine rings is 1. The number of imidazole rings is 1. The molecule has 5 rings (SSSR count). The van der Waals surface area contributed by atoms with Crippen molar-refractivity contribution in [2.75, 3.05) is 58.3 Å². The first kappa shape index (κ1) is 25.1. The van der Waals surface area contributed by atoms with Crippen molar-refractivity contribution in [2.45, 2.75) is 26.3 Å². The molecule has 0 amide bonds. The number of nitrogens with one attached hydrogen (secondary N) is 1. The molecule has 11 nitrogen and oxygen atoms in total. The van der Waals surface area contributed by atoms with Crippen molar-refractivity contribution >= 4 is 16.9 Å². The number of anilines is 1. The smallest absolute Gasteiger partial charge is 0.199 e. The number of aromatic nitrogens is 5. The molecule has 3 N–H and O–H groups in total. The fraction of sp³-hybridized carbons (Fsp3) is 0.462. The molecule has 0 unspecified atom stereocenters. The van der Waals surface area contributed by atoms with Gasteiger partial charge in [-0.2, -0.15) is 0 Å². The van der Waals surface area contributed by atoms with Crippen LogP contribution in [0.2, 0.25) is 0 Å². The lowest BCUT2D eigenvalue weighted by Crippen LogP contribution is -2.37. The topological polar surface area (TPSA) is 129 Å². The van der Waals surface area contributed by atoms with Crippen molar-refractivity contribution < 1.29 is 14.1 Å². The summed E-state index contributed by atoms with van der Waals surface area (Å²) in [6, 6.07) is 9.98. The maximum absolute atomic E-state index is 6.24. The van der Waals surface area contributed by atoms with Crippen LogP contribution in [0.15, 0.2) is 41.2 Å². The van der Waals surface area contributed by atoms with Gasteiger partial charge in [-0.3, -0.25) is 4.90 Å². The molecule has 1 fully saturated rings. The van der Waals surface area contributed by atoms with E-state index in [2.05, 4.69) is 20.5 Å². The van der Waals surface area contributed by atoms with E-state index in [-0.39, 0.29) is 5.82 Å². The second kappa shape index (κ2) is 12.1. The van der Waals surface area contributed by atoms with Crippen LogP contribution in [0.3, 0.4) is 0 Å². The van der Waals surface area contributed by atoms with Crippen molar-refractivity contribution in [2.24, 2.45) is 0 Å². The summed E-state index contributed by atoms with van der Waals surface area (Å²) in [5.41, 5.74) is 9.74. The van der Waals surface area contributed by atoms with Gasteiger partial charge in [-0.1, -0.05) is 30.3 Å². The van der Waals surface area contributed by atoms with Crippen molar-refractivity contribution in [1.29, 1.82) is 0 Å². The van der Waals surface area contributed by atoms with Crippen molar-refractivity contribution in [1.82, 2.24) is 35.1 Å². The number of fused-ring (bicyclic) bond motifs is 1. The van der Waals surface area contributed by atoms with Crippen molar-refractivity contribution in [3.63, 3.8) is 0 Å². The molecule has 4 aromatic rings. The molecule has 1 aromatic carbocycles. The molecule has 1 aliphatic rings. The predicted octanol–water partition coefficient (Wildman–Crippen LogP) is 2.83. The highest BCUT2D eigenvalue weighted by atomic mass is 16.6. The average molecular weight is 507 g/mol. The first-order valence-electron chi connectivity index (χ1n) is 12.9. The number of nitrogens with zero attached hydrogens (tertiary/aromatic N) is 6. The van der Waals surface area contributed by atoms with Crippen LogP contribution in [0.25, 0.3) is 33.8 Å². The Labute approximate surface area is 215 Å². The van der Waals surface area contributed by atoms with Gasteiger partial charge in [0.1, 0.15) is 11.0 Å². The van der Waals surface area contributed by atoms with E-state index in [4.69, 9.17) is 29.8 Å². The summed E-state index contributed by atoms with van der Waals surface area (Å²) in [4.78, 5) is 12.1. The fourth-order valence-corrected chi connectivity index (χ4v) is 4.62. The number of nitrogens with two attached hydrogens (primary N) is 1. The van der Waals surface area contributed by atoms with Gasteiger partial charge in [0, 0.05) is 25.2 Å². The molecular formula is C26H34N8O3. The fourth-order valence-electron chi connectivity index (χ4n) is 4.62. The van der Waals surface area contributed by atoms with Crippen molar-refractivity contribution in [3.8, 4) is 28.5 Å². The summed E-state index contributed by atoms with van der Waals surface area (Å²) in [5.74, 6) is 1.45. The van der Waals surface area contributed by atoms with Gasteiger partial charge >= 0.3 is 0 Å². The molecule has 0 aliphatic carbocycles. The highest BCUT2D eigenvalue weighted by molar-refractivity contribution is 5.95. The number of hydrogen-bond donors (Lipinski definition) is 2. The first-order valence-corrected chi connectivity index (χ1v) is 12.9. The highest BCUT2D eigenvalue weighted by Gasteiger charge is 2.24. The second-order valence-corrected chi connectivity index (χ2v) is 8.97. The van der Waals surface area contributed by atoms with Gasteiger partial charge in [-0.15, -0.1) is 0 Å². The molecule has 0 atom stereocenters. The Kier molecular flexibility index (Phi) is 8.24. The zero-order valence-electron chi connectivity index (χ0n) is 21.2. The largest absolute Gasteiger partial charge is 0.490 e. The summed E-state index contributed by atoms with van der Waals surface area (Å²) < 4.78 is 18.5. The van der Waals surface area contributed by atoms with E-state index in [9.17, 15) is 0 Å². The molecule has 1 aliphatic heterocycles. The molecule has 37 heavy (non-hydrogen) atoms. The number of nitrogen functional groups attached to an aromatic ring is 1. The van der Waals surface area contributed by atoms with Gasteiger partial charge < -0.3 is 25.1 Å². The number of morpholine rings is 1. The summed E-state index contributed by atoms with van der Waals surface area (Å²) in [7, 11) is 0. The van der Waals surface area contributed by atoms with Crippen LogP contribution in [-0.2, 0) is 11.3 Å². The average Bonchev–Trinajstić information content (AvgIpc) is 3.54. The highest BCUT2D eigenvalue weighted by Crippen LogP contribution is 2.36. The Morgan fingerprint density at radius 2 is 1.86 bits per heavy atom. The lowest BCUT2D eigenvalue weighted by molar-refractivity contribution is 0.0374. The monoisotopic (exact) mass is 506 g/mol. The van der Waals surface area contributed by atoms with Gasteiger partial charge in [0.2, 0.25) is 0 Å². The van der Waals surface area contributed by atoms with Crippen LogP contribution in [0.5, 0.6) is 5.75 Å². The van der Waals surface area contributed by atoms with Gasteiger partial charge in [-0.05, 0) is 49.7 Å². The maximum atomic E-state index is 6.24. The zero-order chi connectivity index (χ0) is 25.5. The standard InChI is InChI=1S/C26H34N8O3/c1-2-34-24-20(36-15-7-11-28-10-6-12-33-13-16-35-17-14-33)18-29-21(19-8-4-3-5-9-19)22(24)30-26(34)23-25(27)32-37-31-23/h3-5,8-9,18,28H,2,6-7,10-17H2,1H3,(H2,27,32). The summed E-state index contributed by atoms with van der Waals surface area (Å²) >= 11 is 0. The summed E-state index contributed by atoms with van der Waals surface area (Å²) in [6.45, 7) is 10.0. The Balaban J connectivity index is 1.28. The second-order valence-electron chi connectivity index (χ2n) is 8.97. The van der Waals surface area contributed by atoms with Crippen LogP contribution >= 0.6 is 0 Å². The van der Waals surface area contributed by atoms with Gasteiger partial charge in [-0.25, -0.2) is 14.6 Å². The van der Waals surface area contributed by atoms with Gasteiger partial charge in [0.15, 0.2) is 23.1 Å². The lowest BCUT2D eigenvalue weighted by atomic mass is 10.1. The number of benzene rings is 1. The molecule has 4 heterocycles. The van der Waals surface area contributed by atoms with Crippen LogP contribution < -0.4 is 15.8 Å². The lowest BCUT2D eigenvalue weighted by Gasteiger charge is -2.26.